The summed E-state index contributed by atoms with van der Waals surface area (Å²) in [6.45, 7) is 1.66. The van der Waals surface area contributed by atoms with Crippen molar-refractivity contribution in [1.82, 2.24) is 20.0 Å². The van der Waals surface area contributed by atoms with E-state index in [1.807, 2.05) is 30.3 Å². The first-order valence-corrected chi connectivity index (χ1v) is 8.40. The Balaban J connectivity index is 1.51. The fourth-order valence-electron chi connectivity index (χ4n) is 3.21. The molecule has 0 N–H and O–H groups in total. The molecular formula is C18H17ClN4O. The Labute approximate surface area is 145 Å². The molecule has 1 fully saturated rings. The smallest absolute Gasteiger partial charge is 0.241 e. The van der Waals surface area contributed by atoms with Crippen LogP contribution in [-0.2, 0) is 6.54 Å². The average Bonchev–Trinajstić information content (AvgIpc) is 3.26. The summed E-state index contributed by atoms with van der Waals surface area (Å²) in [5.41, 5.74) is 2.10. The lowest BCUT2D eigenvalue weighted by Gasteiger charge is -2.23. The van der Waals surface area contributed by atoms with Gasteiger partial charge in [0.2, 0.25) is 11.7 Å². The highest BCUT2D eigenvalue weighted by Gasteiger charge is 2.27. The van der Waals surface area contributed by atoms with E-state index in [1.54, 1.807) is 12.4 Å². The molecule has 0 aliphatic carbocycles. The minimum Gasteiger partial charge on any atom is -0.338 e. The van der Waals surface area contributed by atoms with Gasteiger partial charge in [-0.15, -0.1) is 0 Å². The summed E-state index contributed by atoms with van der Waals surface area (Å²) in [6.07, 6.45) is 5.73. The van der Waals surface area contributed by atoms with Gasteiger partial charge in [0.25, 0.3) is 0 Å². The molecule has 122 valence electrons. The fourth-order valence-corrected chi connectivity index (χ4v) is 3.41. The lowest BCUT2D eigenvalue weighted by molar-refractivity contribution is 0.212. The van der Waals surface area contributed by atoms with E-state index in [-0.39, 0.29) is 0 Å². The number of hydrogen-bond donors (Lipinski definition) is 0. The molecule has 1 aromatic carbocycles. The molecule has 5 nitrogen and oxygen atoms in total. The summed E-state index contributed by atoms with van der Waals surface area (Å²) in [5, 5.41) is 4.84. The van der Waals surface area contributed by atoms with Gasteiger partial charge in [-0.25, -0.2) is 0 Å². The maximum Gasteiger partial charge on any atom is 0.241 e. The molecule has 1 aliphatic rings. The number of aromatic nitrogens is 3. The molecule has 0 radical (unpaired) electrons. The minimum absolute atomic E-state index is 0.345. The second-order valence-corrected chi connectivity index (χ2v) is 6.37. The lowest BCUT2D eigenvalue weighted by Crippen LogP contribution is -2.22. The van der Waals surface area contributed by atoms with Crippen molar-refractivity contribution in [3.8, 4) is 11.4 Å². The number of rotatable bonds is 4. The first-order chi connectivity index (χ1) is 11.8. The molecule has 4 rings (SSSR count). The normalized spacial score (nSPS) is 18.1. The Morgan fingerprint density at radius 1 is 1.25 bits per heavy atom. The lowest BCUT2D eigenvalue weighted by atomic mass is 10.0. The van der Waals surface area contributed by atoms with Gasteiger partial charge in [0.15, 0.2) is 0 Å². The summed E-state index contributed by atoms with van der Waals surface area (Å²) in [6, 6.07) is 12.2. The molecule has 0 spiro atoms. The highest BCUT2D eigenvalue weighted by atomic mass is 35.5. The third kappa shape index (κ3) is 3.18. The summed E-state index contributed by atoms with van der Waals surface area (Å²) in [7, 11) is 0. The molecular weight excluding hydrogens is 324 g/mol. The maximum atomic E-state index is 6.14. The predicted octanol–water partition coefficient (Wildman–Crippen LogP) is 4.12. The van der Waals surface area contributed by atoms with Crippen LogP contribution in [0.1, 0.15) is 30.3 Å². The Kier molecular flexibility index (Phi) is 4.28. The Morgan fingerprint density at radius 3 is 3.04 bits per heavy atom. The van der Waals surface area contributed by atoms with Gasteiger partial charge in [-0.1, -0.05) is 28.9 Å². The predicted molar refractivity (Wildman–Crippen MR) is 91.4 cm³/mol. The molecule has 0 bridgehead atoms. The second-order valence-electron chi connectivity index (χ2n) is 5.94. The molecule has 6 heteroatoms. The van der Waals surface area contributed by atoms with Crippen LogP contribution in [0, 0.1) is 0 Å². The number of halogens is 1. The van der Waals surface area contributed by atoms with E-state index in [0.717, 1.165) is 30.0 Å². The van der Waals surface area contributed by atoms with Gasteiger partial charge in [-0.2, -0.15) is 4.98 Å². The van der Waals surface area contributed by atoms with Crippen LogP contribution in [0.3, 0.4) is 0 Å². The molecule has 0 amide bonds. The van der Waals surface area contributed by atoms with Crippen molar-refractivity contribution in [3.63, 3.8) is 0 Å². The first-order valence-electron chi connectivity index (χ1n) is 8.02. The number of hydrogen-bond acceptors (Lipinski definition) is 5. The topological polar surface area (TPSA) is 55.1 Å². The van der Waals surface area contributed by atoms with Crippen LogP contribution < -0.4 is 0 Å². The minimum atomic E-state index is 0.345. The van der Waals surface area contributed by atoms with Crippen molar-refractivity contribution < 1.29 is 4.52 Å². The average molecular weight is 341 g/mol. The zero-order valence-electron chi connectivity index (χ0n) is 13.1. The second kappa shape index (κ2) is 6.71. The summed E-state index contributed by atoms with van der Waals surface area (Å²) >= 11 is 6.14. The molecule has 3 aromatic rings. The van der Waals surface area contributed by atoms with E-state index in [0.29, 0.717) is 24.3 Å². The van der Waals surface area contributed by atoms with Gasteiger partial charge in [-0.05, 0) is 49.2 Å². The standard InChI is InChI=1S/C18H17ClN4O/c19-15-6-1-4-13(10-15)16-7-3-9-23(16)12-17-21-18(22-24-17)14-5-2-8-20-11-14/h1-2,4-6,8,10-11,16H,3,7,9,12H2. The maximum absolute atomic E-state index is 6.14. The van der Waals surface area contributed by atoms with Crippen LogP contribution in [-0.4, -0.2) is 26.6 Å². The van der Waals surface area contributed by atoms with Crippen molar-refractivity contribution in [2.75, 3.05) is 6.54 Å². The van der Waals surface area contributed by atoms with Crippen LogP contribution in [0.15, 0.2) is 53.3 Å². The number of likely N-dealkylation sites (tertiary alicyclic amines) is 1. The van der Waals surface area contributed by atoms with E-state index in [9.17, 15) is 0 Å². The molecule has 1 saturated heterocycles. The molecule has 1 unspecified atom stereocenters. The van der Waals surface area contributed by atoms with Gasteiger partial charge in [0, 0.05) is 29.0 Å². The SMILES string of the molecule is Clc1cccc(C2CCCN2Cc2nc(-c3cccnc3)no2)c1. The Hall–Kier alpha value is -2.24. The highest BCUT2D eigenvalue weighted by Crippen LogP contribution is 2.34. The summed E-state index contributed by atoms with van der Waals surface area (Å²) in [4.78, 5) is 11.0. The summed E-state index contributed by atoms with van der Waals surface area (Å²) in [5.74, 6) is 1.21. The molecule has 24 heavy (non-hydrogen) atoms. The highest BCUT2D eigenvalue weighted by molar-refractivity contribution is 6.30. The summed E-state index contributed by atoms with van der Waals surface area (Å²) < 4.78 is 5.43. The van der Waals surface area contributed by atoms with Gasteiger partial charge >= 0.3 is 0 Å². The Bertz CT molecular complexity index is 821. The number of benzene rings is 1. The van der Waals surface area contributed by atoms with Crippen LogP contribution in [0.5, 0.6) is 0 Å². The number of nitrogens with zero attached hydrogens (tertiary/aromatic N) is 4. The van der Waals surface area contributed by atoms with Crippen LogP contribution in [0.25, 0.3) is 11.4 Å². The van der Waals surface area contributed by atoms with Crippen LogP contribution >= 0.6 is 11.6 Å². The first kappa shape index (κ1) is 15.3. The van der Waals surface area contributed by atoms with E-state index in [2.05, 4.69) is 26.1 Å². The van der Waals surface area contributed by atoms with Crippen LogP contribution in [0.4, 0.5) is 0 Å². The number of pyridine rings is 1. The Morgan fingerprint density at radius 2 is 2.21 bits per heavy atom. The quantitative estimate of drug-likeness (QED) is 0.715. The van der Waals surface area contributed by atoms with Crippen molar-refractivity contribution in [1.29, 1.82) is 0 Å². The molecule has 2 aromatic heterocycles. The third-order valence-corrected chi connectivity index (χ3v) is 4.56. The largest absolute Gasteiger partial charge is 0.338 e. The zero-order chi connectivity index (χ0) is 16.4. The third-order valence-electron chi connectivity index (χ3n) is 4.32. The monoisotopic (exact) mass is 340 g/mol. The molecule has 0 saturated carbocycles. The van der Waals surface area contributed by atoms with Crippen molar-refractivity contribution in [2.45, 2.75) is 25.4 Å². The van der Waals surface area contributed by atoms with Crippen molar-refractivity contribution in [2.24, 2.45) is 0 Å². The van der Waals surface area contributed by atoms with Gasteiger partial charge in [-0.3, -0.25) is 9.88 Å². The van der Waals surface area contributed by atoms with Gasteiger partial charge in [0.05, 0.1) is 6.54 Å². The molecule has 3 heterocycles. The zero-order valence-corrected chi connectivity index (χ0v) is 13.9. The van der Waals surface area contributed by atoms with E-state index in [1.165, 1.54) is 5.56 Å². The fraction of sp³-hybridized carbons (Fsp3) is 0.278. The van der Waals surface area contributed by atoms with E-state index >= 15 is 0 Å². The molecule has 1 aliphatic heterocycles. The van der Waals surface area contributed by atoms with E-state index in [4.69, 9.17) is 16.1 Å². The molecule has 1 atom stereocenters. The van der Waals surface area contributed by atoms with Crippen molar-refractivity contribution in [3.05, 3.63) is 65.3 Å². The van der Waals surface area contributed by atoms with E-state index < -0.39 is 0 Å². The van der Waals surface area contributed by atoms with Gasteiger partial charge < -0.3 is 4.52 Å². The van der Waals surface area contributed by atoms with Gasteiger partial charge in [0.1, 0.15) is 0 Å². The van der Waals surface area contributed by atoms with Crippen LogP contribution in [0.2, 0.25) is 5.02 Å². The van der Waals surface area contributed by atoms with Crippen molar-refractivity contribution >= 4 is 11.6 Å².